The first-order valence-corrected chi connectivity index (χ1v) is 15.5. The van der Waals surface area contributed by atoms with Crippen LogP contribution in [0.25, 0.3) is 22.0 Å². The second-order valence-electron chi connectivity index (χ2n) is 13.1. The molecule has 1 saturated carbocycles. The zero-order chi connectivity index (χ0) is 31.9. The number of carbonyl (C=O) groups is 1. The van der Waals surface area contributed by atoms with E-state index in [0.29, 0.717) is 29.8 Å². The molecular formula is C36H36F3N5O. The summed E-state index contributed by atoms with van der Waals surface area (Å²) < 4.78 is 48.1. The molecule has 9 heteroatoms. The number of pyridine rings is 1. The van der Waals surface area contributed by atoms with Crippen LogP contribution >= 0.6 is 0 Å². The summed E-state index contributed by atoms with van der Waals surface area (Å²) >= 11 is 0. The summed E-state index contributed by atoms with van der Waals surface area (Å²) in [5.41, 5.74) is 8.90. The molecule has 3 aromatic heterocycles. The number of alkyl halides is 2. The number of carbonyl (C=O) groups excluding carboxylic acids is 1. The first-order valence-electron chi connectivity index (χ1n) is 15.5. The second kappa shape index (κ2) is 10.4. The molecule has 0 bridgehead atoms. The number of hydrogen-bond acceptors (Lipinski definition) is 4. The fourth-order valence-corrected chi connectivity index (χ4v) is 7.72. The molecule has 2 aliphatic rings. The number of halogens is 3. The number of fused-ring (bicyclic) bond motifs is 4. The Kier molecular flexibility index (Phi) is 6.80. The monoisotopic (exact) mass is 611 g/mol. The number of aromatic nitrogens is 5. The van der Waals surface area contributed by atoms with Crippen LogP contribution in [0.4, 0.5) is 13.2 Å². The number of Topliss-reactive ketones (excluding diaryl/α,β-unsaturated/α-hetero) is 1. The van der Waals surface area contributed by atoms with Gasteiger partial charge < -0.3 is 0 Å². The zero-order valence-electron chi connectivity index (χ0n) is 26.4. The van der Waals surface area contributed by atoms with E-state index in [2.05, 4.69) is 24.2 Å². The van der Waals surface area contributed by atoms with Crippen LogP contribution in [-0.2, 0) is 30.7 Å². The lowest BCUT2D eigenvalue weighted by Gasteiger charge is -2.22. The lowest BCUT2D eigenvalue weighted by molar-refractivity contribution is -0.120. The molecule has 7 rings (SSSR count). The molecule has 3 atom stereocenters. The average molecular weight is 612 g/mol. The fourth-order valence-electron chi connectivity index (χ4n) is 7.72. The summed E-state index contributed by atoms with van der Waals surface area (Å²) in [7, 11) is 1.92. The molecule has 232 valence electrons. The molecule has 0 saturated heterocycles. The third-order valence-corrected chi connectivity index (χ3v) is 9.61. The van der Waals surface area contributed by atoms with Crippen molar-refractivity contribution in [2.75, 3.05) is 0 Å². The van der Waals surface area contributed by atoms with Gasteiger partial charge >= 0.3 is 0 Å². The lowest BCUT2D eigenvalue weighted by atomic mass is 9.85. The van der Waals surface area contributed by atoms with Crippen molar-refractivity contribution >= 4 is 16.7 Å². The summed E-state index contributed by atoms with van der Waals surface area (Å²) in [5, 5.41) is 10.2. The molecule has 3 heterocycles. The highest BCUT2D eigenvalue weighted by Gasteiger charge is 2.66. The maximum Gasteiger partial charge on any atom is 0.293 e. The largest absolute Gasteiger partial charge is 0.298 e. The molecule has 0 aliphatic heterocycles. The molecule has 0 spiro atoms. The Morgan fingerprint density at radius 2 is 1.76 bits per heavy atom. The topological polar surface area (TPSA) is 65.6 Å². The molecule has 0 radical (unpaired) electrons. The van der Waals surface area contributed by atoms with Gasteiger partial charge in [0.05, 0.1) is 22.6 Å². The SMILES string of the molecule is Cc1cc(F)cc(CC(CC(=O)Cn2nc(C)c3c2C(F)(F)C2CC32)c2nc(C)ccc2-c2ccc(C)c3c(C)nn(C)c23)c1. The van der Waals surface area contributed by atoms with Gasteiger partial charge in [-0.3, -0.25) is 19.1 Å². The summed E-state index contributed by atoms with van der Waals surface area (Å²) in [4.78, 5) is 18.9. The van der Waals surface area contributed by atoms with Crippen LogP contribution in [0.5, 0.6) is 0 Å². The molecule has 2 aromatic carbocycles. The van der Waals surface area contributed by atoms with Gasteiger partial charge in [-0.2, -0.15) is 19.0 Å². The molecule has 3 unspecified atom stereocenters. The second-order valence-corrected chi connectivity index (χ2v) is 13.1. The Morgan fingerprint density at radius 3 is 2.51 bits per heavy atom. The van der Waals surface area contributed by atoms with E-state index < -0.39 is 17.8 Å². The smallest absolute Gasteiger partial charge is 0.293 e. The van der Waals surface area contributed by atoms with Crippen molar-refractivity contribution in [2.24, 2.45) is 13.0 Å². The van der Waals surface area contributed by atoms with Gasteiger partial charge in [-0.15, -0.1) is 0 Å². The van der Waals surface area contributed by atoms with Crippen molar-refractivity contribution in [1.29, 1.82) is 0 Å². The first kappa shape index (κ1) is 29.4. The minimum Gasteiger partial charge on any atom is -0.298 e. The van der Waals surface area contributed by atoms with Crippen LogP contribution < -0.4 is 0 Å². The normalized spacial score (nSPS) is 18.7. The van der Waals surface area contributed by atoms with Crippen LogP contribution in [0, 0.1) is 46.4 Å². The highest BCUT2D eigenvalue weighted by atomic mass is 19.3. The molecule has 6 nitrogen and oxygen atoms in total. The van der Waals surface area contributed by atoms with Crippen molar-refractivity contribution in [3.8, 4) is 11.1 Å². The minimum atomic E-state index is -2.98. The van der Waals surface area contributed by atoms with E-state index in [1.807, 2.05) is 50.7 Å². The number of hydrogen-bond donors (Lipinski definition) is 0. The summed E-state index contributed by atoms with van der Waals surface area (Å²) in [6, 6.07) is 13.0. The van der Waals surface area contributed by atoms with E-state index >= 15 is 8.78 Å². The number of aryl methyl sites for hydroxylation is 6. The van der Waals surface area contributed by atoms with Crippen LogP contribution in [0.15, 0.2) is 42.5 Å². The number of rotatable bonds is 8. The van der Waals surface area contributed by atoms with Crippen LogP contribution in [0.2, 0.25) is 0 Å². The highest BCUT2D eigenvalue weighted by molar-refractivity contribution is 5.98. The predicted octanol–water partition coefficient (Wildman–Crippen LogP) is 7.71. The van der Waals surface area contributed by atoms with Crippen molar-refractivity contribution in [1.82, 2.24) is 24.5 Å². The Bertz CT molecular complexity index is 2000. The fraction of sp³-hybridized carbons (Fsp3) is 0.389. The van der Waals surface area contributed by atoms with Crippen molar-refractivity contribution in [3.63, 3.8) is 0 Å². The predicted molar refractivity (Wildman–Crippen MR) is 167 cm³/mol. The Balaban J connectivity index is 1.31. The van der Waals surface area contributed by atoms with E-state index in [0.717, 1.165) is 50.1 Å². The van der Waals surface area contributed by atoms with E-state index in [4.69, 9.17) is 10.1 Å². The van der Waals surface area contributed by atoms with Gasteiger partial charge in [0.2, 0.25) is 0 Å². The number of benzene rings is 2. The number of ketones is 1. The average Bonchev–Trinajstić information content (AvgIpc) is 3.53. The quantitative estimate of drug-likeness (QED) is 0.180. The summed E-state index contributed by atoms with van der Waals surface area (Å²) in [5.74, 6) is -4.85. The van der Waals surface area contributed by atoms with Crippen LogP contribution in [0.1, 0.15) is 75.4 Å². The Morgan fingerprint density at radius 1 is 1.00 bits per heavy atom. The van der Waals surface area contributed by atoms with Gasteiger partial charge in [0, 0.05) is 53.1 Å². The van der Waals surface area contributed by atoms with E-state index in [1.54, 1.807) is 6.92 Å². The van der Waals surface area contributed by atoms with Gasteiger partial charge in [-0.25, -0.2) is 4.39 Å². The highest BCUT2D eigenvalue weighted by Crippen LogP contribution is 2.67. The van der Waals surface area contributed by atoms with Crippen molar-refractivity contribution in [2.45, 2.75) is 78.2 Å². The lowest BCUT2D eigenvalue weighted by Crippen LogP contribution is -2.24. The number of nitrogens with zero attached hydrogens (tertiary/aromatic N) is 5. The van der Waals surface area contributed by atoms with E-state index in [1.165, 1.54) is 16.8 Å². The zero-order valence-corrected chi connectivity index (χ0v) is 26.4. The minimum absolute atomic E-state index is 0.0323. The molecule has 1 fully saturated rings. The molecule has 2 aliphatic carbocycles. The maximum atomic E-state index is 15.2. The third-order valence-electron chi connectivity index (χ3n) is 9.61. The Labute approximate surface area is 260 Å². The van der Waals surface area contributed by atoms with Gasteiger partial charge in [0.1, 0.15) is 18.1 Å². The van der Waals surface area contributed by atoms with E-state index in [-0.39, 0.29) is 36.2 Å². The summed E-state index contributed by atoms with van der Waals surface area (Å²) in [6.07, 6.45) is 0.855. The molecule has 45 heavy (non-hydrogen) atoms. The van der Waals surface area contributed by atoms with Crippen molar-refractivity contribution < 1.29 is 18.0 Å². The molecular weight excluding hydrogens is 575 g/mol. The first-order chi connectivity index (χ1) is 21.3. The van der Waals surface area contributed by atoms with Gasteiger partial charge in [0.25, 0.3) is 5.92 Å². The van der Waals surface area contributed by atoms with Crippen LogP contribution in [0.3, 0.4) is 0 Å². The molecule has 5 aromatic rings. The summed E-state index contributed by atoms with van der Waals surface area (Å²) in [6.45, 7) is 9.28. The van der Waals surface area contributed by atoms with Gasteiger partial charge in [-0.05, 0) is 88.3 Å². The van der Waals surface area contributed by atoms with Crippen LogP contribution in [-0.4, -0.2) is 30.3 Å². The van der Waals surface area contributed by atoms with E-state index in [9.17, 15) is 9.18 Å². The van der Waals surface area contributed by atoms with Gasteiger partial charge in [-0.1, -0.05) is 24.3 Å². The van der Waals surface area contributed by atoms with Crippen molar-refractivity contribution in [3.05, 3.63) is 99.0 Å². The maximum absolute atomic E-state index is 15.2. The standard InChI is InChI=1S/C36H36F3N5O/c1-18-11-23(14-25(37)12-18)13-24(15-26(45)17-44-35-32(22(5)42-44)29-16-30(29)36(35,38)39)33-27(10-8-20(3)40-33)28-9-7-19(2)31-21(4)41-43(6)34(28)31/h7-12,14,24,29-30H,13,15-17H2,1-6H3. The van der Waals surface area contributed by atoms with Gasteiger partial charge in [0.15, 0.2) is 5.78 Å². The molecule has 0 amide bonds. The third kappa shape index (κ3) is 4.87. The molecule has 0 N–H and O–H groups in total. The Hall–Kier alpha value is -4.27.